The van der Waals surface area contributed by atoms with Crippen molar-refractivity contribution in [2.75, 3.05) is 0 Å². The first-order valence-electron chi connectivity index (χ1n) is 12.1. The van der Waals surface area contributed by atoms with Crippen LogP contribution in [-0.4, -0.2) is 22.9 Å². The second kappa shape index (κ2) is 15.4. The van der Waals surface area contributed by atoms with Crippen LogP contribution in [0.15, 0.2) is 110 Å². The molecule has 2 aromatic carbocycles. The van der Waals surface area contributed by atoms with Crippen LogP contribution in [-0.2, 0) is 40.8 Å². The van der Waals surface area contributed by atoms with Crippen LogP contribution in [0.25, 0.3) is 0 Å². The predicted octanol–water partition coefficient (Wildman–Crippen LogP) is 0.609. The Morgan fingerprint density at radius 1 is 0.659 bits per heavy atom. The number of halogens is 4. The molecular formula is C30H20F4IrN3O6. The van der Waals surface area contributed by atoms with E-state index in [-0.39, 0.29) is 36.9 Å². The number of nitrogens with one attached hydrogen (secondary N) is 2. The van der Waals surface area contributed by atoms with Gasteiger partial charge < -0.3 is 40.3 Å². The molecular weight excluding hydrogens is 767 g/mol. The molecule has 3 heterocycles. The van der Waals surface area contributed by atoms with Crippen LogP contribution in [0.3, 0.4) is 0 Å². The average Bonchev–Trinajstić information content (AvgIpc) is 2.99. The first-order chi connectivity index (χ1) is 20.4. The zero-order valence-electron chi connectivity index (χ0n) is 22.1. The molecule has 14 heteroatoms. The Balaban J connectivity index is 0.000000239. The summed E-state index contributed by atoms with van der Waals surface area (Å²) in [7, 11) is 0. The van der Waals surface area contributed by atoms with Gasteiger partial charge in [-0.05, 0) is 61.0 Å². The van der Waals surface area contributed by atoms with Gasteiger partial charge in [-0.3, -0.25) is 4.98 Å². The molecule has 2 N–H and O–H groups in total. The third-order valence-corrected chi connectivity index (χ3v) is 5.96. The molecule has 2 aliphatic rings. The van der Waals surface area contributed by atoms with Gasteiger partial charge in [-0.1, -0.05) is 30.4 Å². The molecule has 2 unspecified atom stereocenters. The second-order valence-corrected chi connectivity index (χ2v) is 8.67. The van der Waals surface area contributed by atoms with Gasteiger partial charge in [0.05, 0.1) is 23.6 Å². The van der Waals surface area contributed by atoms with E-state index in [4.69, 9.17) is 0 Å². The first-order valence-corrected chi connectivity index (χ1v) is 12.1. The predicted molar refractivity (Wildman–Crippen MR) is 137 cm³/mol. The second-order valence-electron chi connectivity index (χ2n) is 8.67. The minimum Gasteiger partial charge on any atom is -0.547 e. The number of hydrogen-bond acceptors (Lipinski definition) is 9. The van der Waals surface area contributed by atoms with Crippen LogP contribution < -0.4 is 26.0 Å². The fourth-order valence-electron chi connectivity index (χ4n) is 3.88. The molecule has 0 spiro atoms. The summed E-state index contributed by atoms with van der Waals surface area (Å²) in [6.07, 6.45) is 12.6. The number of carboxylic acid groups (broad SMARTS) is 3. The van der Waals surface area contributed by atoms with Gasteiger partial charge in [-0.15, -0.1) is 0 Å². The largest absolute Gasteiger partial charge is 3.00 e. The van der Waals surface area contributed by atoms with Crippen molar-refractivity contribution in [3.05, 3.63) is 150 Å². The Hall–Kier alpha value is -5.07. The smallest absolute Gasteiger partial charge is 0.547 e. The summed E-state index contributed by atoms with van der Waals surface area (Å²) >= 11 is 0. The summed E-state index contributed by atoms with van der Waals surface area (Å²) in [4.78, 5) is 35.9. The van der Waals surface area contributed by atoms with Gasteiger partial charge in [-0.25, -0.2) is 17.6 Å². The number of carbonyl (C=O) groups is 3. The van der Waals surface area contributed by atoms with E-state index in [1.165, 1.54) is 49.0 Å². The fraction of sp³-hybridized carbons (Fsp3) is 0.0667. The van der Waals surface area contributed by atoms with E-state index >= 15 is 0 Å². The first kappa shape index (κ1) is 35.1. The number of carboxylic acids is 3. The summed E-state index contributed by atoms with van der Waals surface area (Å²) in [6.45, 7) is 0. The quantitative estimate of drug-likeness (QED) is 0.354. The standard InChI is InChI=1S/2C12H9F2NO2.C6H5NO2.Ir/c2*13-8-3-4-9(10(14)7-8)12(11(16)17)5-1-2-6-15-12;8-6(9)5-3-1-2-4-7-5;/h2*1-7,15H,(H,16,17);1-4H,(H,8,9);/q;;;+3/p-3. The number of benzene rings is 2. The third-order valence-electron chi connectivity index (χ3n) is 5.96. The molecule has 0 saturated carbocycles. The molecule has 3 aromatic rings. The molecule has 0 fully saturated rings. The average molecular weight is 787 g/mol. The van der Waals surface area contributed by atoms with Crippen LogP contribution in [0.4, 0.5) is 17.6 Å². The van der Waals surface area contributed by atoms with E-state index in [0.717, 1.165) is 24.3 Å². The maximum absolute atomic E-state index is 13.6. The number of aromatic carboxylic acids is 1. The number of aromatic nitrogens is 1. The van der Waals surface area contributed by atoms with Crippen molar-refractivity contribution in [2.24, 2.45) is 0 Å². The number of nitrogens with zero attached hydrogens (tertiary/aromatic N) is 1. The zero-order chi connectivity index (χ0) is 31.6. The minimum atomic E-state index is -1.80. The zero-order valence-corrected chi connectivity index (χ0v) is 24.5. The SMILES string of the molecule is O=C([O-])C1(c2ccc(F)cc2F)C=CC=CN1.O=C([O-])C1(c2ccc(F)cc2F)C=CC=CN1.O=C([O-])c1ccccn1.[Ir+3]. The monoisotopic (exact) mass is 787 g/mol. The van der Waals surface area contributed by atoms with Crippen LogP contribution in [0.5, 0.6) is 0 Å². The van der Waals surface area contributed by atoms with Crippen LogP contribution >= 0.6 is 0 Å². The summed E-state index contributed by atoms with van der Waals surface area (Å²) in [5.41, 5.74) is -4.02. The van der Waals surface area contributed by atoms with Crippen LogP contribution in [0, 0.1) is 23.3 Å². The van der Waals surface area contributed by atoms with Gasteiger partial charge in [0, 0.05) is 29.5 Å². The molecule has 0 aliphatic carbocycles. The summed E-state index contributed by atoms with van der Waals surface area (Å²) < 4.78 is 52.8. The van der Waals surface area contributed by atoms with E-state index in [9.17, 15) is 47.3 Å². The van der Waals surface area contributed by atoms with Crippen molar-refractivity contribution < 1.29 is 67.4 Å². The molecule has 5 rings (SSSR count). The molecule has 0 saturated heterocycles. The Morgan fingerprint density at radius 2 is 1.11 bits per heavy atom. The minimum absolute atomic E-state index is 0. The topological polar surface area (TPSA) is 157 Å². The Bertz CT molecular complexity index is 1540. The van der Waals surface area contributed by atoms with Crippen molar-refractivity contribution >= 4 is 17.9 Å². The van der Waals surface area contributed by atoms with E-state index in [1.54, 1.807) is 24.3 Å². The number of rotatable bonds is 5. The molecule has 0 bridgehead atoms. The van der Waals surface area contributed by atoms with E-state index < -0.39 is 52.3 Å². The van der Waals surface area contributed by atoms with Crippen molar-refractivity contribution in [3.8, 4) is 0 Å². The van der Waals surface area contributed by atoms with Gasteiger partial charge >= 0.3 is 20.1 Å². The Labute approximate surface area is 261 Å². The molecule has 2 atom stereocenters. The number of aliphatic carboxylic acids is 2. The molecule has 228 valence electrons. The number of dihydropyridines is 2. The normalized spacial score (nSPS) is 19.0. The molecule has 0 radical (unpaired) electrons. The number of allylic oxidation sites excluding steroid dienone is 4. The molecule has 44 heavy (non-hydrogen) atoms. The maximum Gasteiger partial charge on any atom is 3.00 e. The molecule has 0 amide bonds. The van der Waals surface area contributed by atoms with Crippen molar-refractivity contribution in [3.63, 3.8) is 0 Å². The van der Waals surface area contributed by atoms with Crippen LogP contribution in [0.1, 0.15) is 21.6 Å². The molecule has 1 aromatic heterocycles. The van der Waals surface area contributed by atoms with Gasteiger partial charge in [-0.2, -0.15) is 0 Å². The summed E-state index contributed by atoms with van der Waals surface area (Å²) in [5.74, 6) is -7.68. The van der Waals surface area contributed by atoms with Crippen LogP contribution in [0.2, 0.25) is 0 Å². The van der Waals surface area contributed by atoms with Gasteiger partial charge in [0.2, 0.25) is 0 Å². The van der Waals surface area contributed by atoms with E-state index in [0.29, 0.717) is 12.1 Å². The van der Waals surface area contributed by atoms with Gasteiger partial charge in [0.15, 0.2) is 0 Å². The maximum atomic E-state index is 13.6. The molecule has 9 nitrogen and oxygen atoms in total. The number of hydrogen-bond donors (Lipinski definition) is 2. The van der Waals surface area contributed by atoms with Crippen molar-refractivity contribution in [1.82, 2.24) is 15.6 Å². The van der Waals surface area contributed by atoms with E-state index in [1.807, 2.05) is 0 Å². The fourth-order valence-corrected chi connectivity index (χ4v) is 3.88. The van der Waals surface area contributed by atoms with Crippen molar-refractivity contribution in [2.45, 2.75) is 11.1 Å². The van der Waals surface area contributed by atoms with Gasteiger partial charge in [0.1, 0.15) is 34.3 Å². The Kier molecular flexibility index (Phi) is 12.3. The third kappa shape index (κ3) is 8.06. The van der Waals surface area contributed by atoms with Crippen molar-refractivity contribution in [1.29, 1.82) is 0 Å². The van der Waals surface area contributed by atoms with Gasteiger partial charge in [0.25, 0.3) is 0 Å². The Morgan fingerprint density at radius 3 is 1.39 bits per heavy atom. The number of pyridine rings is 1. The molecule has 2 aliphatic heterocycles. The summed E-state index contributed by atoms with van der Waals surface area (Å²) in [6, 6.07) is 10.0. The summed E-state index contributed by atoms with van der Waals surface area (Å²) in [5, 5.41) is 37.5. The van der Waals surface area contributed by atoms with E-state index in [2.05, 4.69) is 15.6 Å². The number of carbonyl (C=O) groups excluding carboxylic acids is 3.